The van der Waals surface area contributed by atoms with Crippen LogP contribution in [0.3, 0.4) is 0 Å². The molecule has 3 rings (SSSR count). The lowest BCUT2D eigenvalue weighted by Gasteiger charge is -2.30. The van der Waals surface area contributed by atoms with Crippen molar-refractivity contribution in [3.05, 3.63) is 46.3 Å². The molecule has 0 saturated heterocycles. The number of allylic oxidation sites excluding steroid dienone is 2. The summed E-state index contributed by atoms with van der Waals surface area (Å²) >= 11 is 1.59. The molecule has 0 unspecified atom stereocenters. The number of fused-ring (bicyclic) bond motifs is 1. The van der Waals surface area contributed by atoms with Crippen molar-refractivity contribution >= 4 is 33.1 Å². The number of carbonyl (C=O) groups is 1. The molecule has 2 aliphatic heterocycles. The van der Waals surface area contributed by atoms with Gasteiger partial charge in [0.05, 0.1) is 17.9 Å². The van der Waals surface area contributed by atoms with Gasteiger partial charge < -0.3 is 9.80 Å². The first-order valence-corrected chi connectivity index (χ1v) is 9.79. The molecule has 1 aromatic rings. The van der Waals surface area contributed by atoms with Crippen molar-refractivity contribution in [1.29, 1.82) is 0 Å². The zero-order valence-electron chi connectivity index (χ0n) is 12.7. The van der Waals surface area contributed by atoms with E-state index in [1.807, 2.05) is 24.4 Å². The molecule has 1 amide bonds. The van der Waals surface area contributed by atoms with E-state index in [9.17, 15) is 13.2 Å². The van der Waals surface area contributed by atoms with Crippen LogP contribution in [0.2, 0.25) is 0 Å². The van der Waals surface area contributed by atoms with Crippen LogP contribution in [0.25, 0.3) is 0 Å². The van der Waals surface area contributed by atoms with Gasteiger partial charge in [-0.25, -0.2) is 8.42 Å². The third-order valence-electron chi connectivity index (χ3n) is 3.68. The van der Waals surface area contributed by atoms with Gasteiger partial charge in [0.15, 0.2) is 5.84 Å². The summed E-state index contributed by atoms with van der Waals surface area (Å²) in [7, 11) is -3.50. The normalized spacial score (nSPS) is 18.9. The summed E-state index contributed by atoms with van der Waals surface area (Å²) < 4.78 is 27.4. The van der Waals surface area contributed by atoms with Gasteiger partial charge in [0.1, 0.15) is 0 Å². The molecule has 0 atom stereocenters. The summed E-state index contributed by atoms with van der Waals surface area (Å²) in [6.45, 7) is 3.27. The van der Waals surface area contributed by atoms with E-state index in [1.54, 1.807) is 39.5 Å². The average Bonchev–Trinajstić information content (AvgIpc) is 3.03. The van der Waals surface area contributed by atoms with Crippen LogP contribution in [0, 0.1) is 0 Å². The first-order valence-electron chi connectivity index (χ1n) is 7.30. The van der Waals surface area contributed by atoms with Crippen molar-refractivity contribution in [2.45, 2.75) is 13.5 Å². The number of thiophene rings is 1. The lowest BCUT2D eigenvalue weighted by Crippen LogP contribution is -2.43. The number of rotatable bonds is 4. The maximum Gasteiger partial charge on any atom is 0.257 e. The summed E-state index contributed by atoms with van der Waals surface area (Å²) in [5.74, 6) is -0.00544. The summed E-state index contributed by atoms with van der Waals surface area (Å²) in [5.41, 5.74) is 0.328. The van der Waals surface area contributed by atoms with Crippen LogP contribution in [0.4, 0.5) is 0 Å². The minimum atomic E-state index is -3.50. The number of nitrogens with zero attached hydrogens (tertiary/aromatic N) is 3. The lowest BCUT2D eigenvalue weighted by molar-refractivity contribution is -0.127. The molecule has 2 aliphatic rings. The highest BCUT2D eigenvalue weighted by Crippen LogP contribution is 2.21. The molecule has 0 N–H and O–H groups in total. The summed E-state index contributed by atoms with van der Waals surface area (Å²) in [6.07, 6.45) is 5.14. The van der Waals surface area contributed by atoms with Crippen molar-refractivity contribution < 1.29 is 13.2 Å². The largest absolute Gasteiger partial charge is 0.334 e. The van der Waals surface area contributed by atoms with Crippen molar-refractivity contribution in [3.8, 4) is 0 Å². The first kappa shape index (κ1) is 15.9. The zero-order chi connectivity index (χ0) is 16.4. The zero-order valence-corrected chi connectivity index (χ0v) is 14.3. The van der Waals surface area contributed by atoms with E-state index < -0.39 is 10.0 Å². The minimum Gasteiger partial charge on any atom is -0.334 e. The molecule has 0 fully saturated rings. The number of sulfonamides is 1. The Bertz CT molecular complexity index is 792. The van der Waals surface area contributed by atoms with Gasteiger partial charge in [-0.3, -0.25) is 4.79 Å². The fourth-order valence-electron chi connectivity index (χ4n) is 2.47. The summed E-state index contributed by atoms with van der Waals surface area (Å²) in [4.78, 5) is 17.3. The maximum atomic E-state index is 12.8. The Morgan fingerprint density at radius 2 is 2.30 bits per heavy atom. The Kier molecular flexibility index (Phi) is 4.36. The van der Waals surface area contributed by atoms with E-state index in [4.69, 9.17) is 0 Å². The first-order chi connectivity index (χ1) is 11.0. The number of likely N-dealkylation sites (N-methyl/N-ethyl adjacent to an activating group) is 1. The number of amides is 1. The molecule has 1 aromatic heterocycles. The van der Waals surface area contributed by atoms with Crippen molar-refractivity contribution in [1.82, 2.24) is 9.80 Å². The molecular formula is C15H17N3O3S2. The topological polar surface area (TPSA) is 70.1 Å². The predicted octanol–water partition coefficient (Wildman–Crippen LogP) is 1.59. The molecule has 0 bridgehead atoms. The minimum absolute atomic E-state index is 0.0327. The maximum absolute atomic E-state index is 12.8. The Morgan fingerprint density at radius 3 is 3.00 bits per heavy atom. The van der Waals surface area contributed by atoms with E-state index in [2.05, 4.69) is 4.40 Å². The Hall–Kier alpha value is -1.93. The van der Waals surface area contributed by atoms with Crippen LogP contribution in [0.5, 0.6) is 0 Å². The van der Waals surface area contributed by atoms with E-state index >= 15 is 0 Å². The molecule has 0 aliphatic carbocycles. The smallest absolute Gasteiger partial charge is 0.257 e. The molecule has 8 heteroatoms. The van der Waals surface area contributed by atoms with Gasteiger partial charge in [0.2, 0.25) is 0 Å². The molecule has 0 radical (unpaired) electrons. The van der Waals surface area contributed by atoms with Crippen molar-refractivity contribution in [2.24, 2.45) is 4.40 Å². The molecule has 3 heterocycles. The number of hydrogen-bond donors (Lipinski definition) is 0. The van der Waals surface area contributed by atoms with Crippen LogP contribution in [0.1, 0.15) is 11.8 Å². The lowest BCUT2D eigenvalue weighted by atomic mass is 10.1. The fraction of sp³-hybridized carbons (Fsp3) is 0.333. The standard InChI is InChI=1S/C15H17N3O3S2/c1-2-17(11-12-5-4-9-22-12)15(19)13-6-3-7-18-8-10-23(20,21)16-14(13)18/h3-7,9H,2,8,10-11H2,1H3. The molecule has 0 aromatic carbocycles. The third kappa shape index (κ3) is 3.37. The second-order valence-corrected chi connectivity index (χ2v) is 8.00. The van der Waals surface area contributed by atoms with Crippen molar-refractivity contribution in [2.75, 3.05) is 18.8 Å². The second-order valence-electron chi connectivity index (χ2n) is 5.21. The summed E-state index contributed by atoms with van der Waals surface area (Å²) in [5, 5.41) is 1.97. The predicted molar refractivity (Wildman–Crippen MR) is 90.6 cm³/mol. The van der Waals surface area contributed by atoms with Crippen molar-refractivity contribution in [3.63, 3.8) is 0 Å². The molecule has 0 spiro atoms. The van der Waals surface area contributed by atoms with E-state index in [0.717, 1.165) is 4.88 Å². The number of amidine groups is 1. The second kappa shape index (κ2) is 6.29. The Morgan fingerprint density at radius 1 is 1.48 bits per heavy atom. The monoisotopic (exact) mass is 351 g/mol. The van der Waals surface area contributed by atoms with Gasteiger partial charge in [0, 0.05) is 24.2 Å². The van der Waals surface area contributed by atoms with Gasteiger partial charge in [-0.1, -0.05) is 6.07 Å². The van der Waals surface area contributed by atoms with E-state index in [1.165, 1.54) is 0 Å². The highest BCUT2D eigenvalue weighted by Gasteiger charge is 2.31. The van der Waals surface area contributed by atoms with Crippen LogP contribution in [-0.4, -0.2) is 48.8 Å². The summed E-state index contributed by atoms with van der Waals surface area (Å²) in [6, 6.07) is 3.92. The van der Waals surface area contributed by atoms with Crippen LogP contribution in [-0.2, 0) is 21.4 Å². The van der Waals surface area contributed by atoms with Gasteiger partial charge in [-0.05, 0) is 30.5 Å². The van der Waals surface area contributed by atoms with Crippen LogP contribution >= 0.6 is 11.3 Å². The fourth-order valence-corrected chi connectivity index (χ4v) is 4.18. The SMILES string of the molecule is CCN(Cc1cccs1)C(=O)C1=CC=CN2CCS(=O)(=O)N=C12. The third-order valence-corrected chi connectivity index (χ3v) is 5.69. The van der Waals surface area contributed by atoms with Gasteiger partial charge >= 0.3 is 0 Å². The average molecular weight is 351 g/mol. The Labute approximate surface area is 139 Å². The van der Waals surface area contributed by atoms with E-state index in [0.29, 0.717) is 25.2 Å². The molecule has 122 valence electrons. The highest BCUT2D eigenvalue weighted by molar-refractivity contribution is 7.90. The molecular weight excluding hydrogens is 334 g/mol. The quantitative estimate of drug-likeness (QED) is 0.826. The van der Waals surface area contributed by atoms with Gasteiger partial charge in [-0.2, -0.15) is 0 Å². The van der Waals surface area contributed by atoms with Gasteiger partial charge in [-0.15, -0.1) is 15.7 Å². The molecule has 6 nitrogen and oxygen atoms in total. The van der Waals surface area contributed by atoms with Gasteiger partial charge in [0.25, 0.3) is 15.9 Å². The molecule has 0 saturated carbocycles. The molecule has 23 heavy (non-hydrogen) atoms. The van der Waals surface area contributed by atoms with E-state index in [-0.39, 0.29) is 17.5 Å². The Balaban J connectivity index is 1.89. The number of hydrogen-bond acceptors (Lipinski definition) is 5. The van der Waals surface area contributed by atoms with Crippen LogP contribution in [0.15, 0.2) is 45.8 Å². The van der Waals surface area contributed by atoms with Crippen LogP contribution < -0.4 is 0 Å². The highest BCUT2D eigenvalue weighted by atomic mass is 32.2. The number of carbonyl (C=O) groups excluding carboxylic acids is 1.